The van der Waals surface area contributed by atoms with E-state index in [-0.39, 0.29) is 18.1 Å². The molecule has 1 fully saturated rings. The van der Waals surface area contributed by atoms with Crippen molar-refractivity contribution in [3.8, 4) is 0 Å². The first-order chi connectivity index (χ1) is 9.74. The number of carbonyl (C=O) groups excluding carboxylic acids is 1. The second-order valence-corrected chi connectivity index (χ2v) is 6.25. The molecule has 0 aliphatic heterocycles. The van der Waals surface area contributed by atoms with Gasteiger partial charge in [0.15, 0.2) is 0 Å². The number of hydrogen-bond acceptors (Lipinski definition) is 2. The zero-order chi connectivity index (χ0) is 14.6. The molecule has 0 aromatic rings. The Labute approximate surface area is 124 Å². The van der Waals surface area contributed by atoms with Crippen LogP contribution in [0.2, 0.25) is 0 Å². The van der Waals surface area contributed by atoms with Crippen molar-refractivity contribution in [1.29, 1.82) is 0 Å². The summed E-state index contributed by atoms with van der Waals surface area (Å²) in [7, 11) is 0. The van der Waals surface area contributed by atoms with Crippen molar-refractivity contribution in [2.75, 3.05) is 0 Å². The van der Waals surface area contributed by atoms with Crippen molar-refractivity contribution in [2.45, 2.75) is 103 Å². The molecular weight excluding hydrogens is 250 g/mol. The zero-order valence-electron chi connectivity index (χ0n) is 13.2. The molecule has 3 nitrogen and oxygen atoms in total. The Bertz CT molecular complexity index is 255. The van der Waals surface area contributed by atoms with E-state index in [4.69, 9.17) is 0 Å². The first-order valence-corrected chi connectivity index (χ1v) is 8.71. The summed E-state index contributed by atoms with van der Waals surface area (Å²) < 4.78 is 0. The van der Waals surface area contributed by atoms with Gasteiger partial charge in [0.1, 0.15) is 0 Å². The molecule has 1 saturated carbocycles. The van der Waals surface area contributed by atoms with Crippen LogP contribution in [-0.2, 0) is 4.79 Å². The lowest BCUT2D eigenvalue weighted by Crippen LogP contribution is -2.42. The lowest BCUT2D eigenvalue weighted by Gasteiger charge is -2.21. The van der Waals surface area contributed by atoms with Crippen LogP contribution in [0.3, 0.4) is 0 Å². The Morgan fingerprint density at radius 1 is 1.00 bits per heavy atom. The SMILES string of the molecule is CCCCCCCCCC(=O)NC1CCCCCC1O. The molecule has 0 aromatic carbocycles. The topological polar surface area (TPSA) is 49.3 Å². The molecule has 118 valence electrons. The van der Waals surface area contributed by atoms with Gasteiger partial charge < -0.3 is 10.4 Å². The van der Waals surface area contributed by atoms with Gasteiger partial charge in [-0.15, -0.1) is 0 Å². The third-order valence-electron chi connectivity index (χ3n) is 4.33. The minimum absolute atomic E-state index is 0.00504. The molecule has 1 rings (SSSR count). The highest BCUT2D eigenvalue weighted by atomic mass is 16.3. The normalized spacial score (nSPS) is 23.3. The van der Waals surface area contributed by atoms with Crippen LogP contribution in [0.4, 0.5) is 0 Å². The maximum atomic E-state index is 11.9. The fourth-order valence-electron chi connectivity index (χ4n) is 2.98. The van der Waals surface area contributed by atoms with Crippen LogP contribution in [-0.4, -0.2) is 23.2 Å². The molecule has 0 radical (unpaired) electrons. The van der Waals surface area contributed by atoms with Gasteiger partial charge in [-0.3, -0.25) is 4.79 Å². The van der Waals surface area contributed by atoms with E-state index in [1.807, 2.05) is 0 Å². The number of aliphatic hydroxyl groups is 1. The van der Waals surface area contributed by atoms with E-state index in [2.05, 4.69) is 12.2 Å². The molecule has 0 aromatic heterocycles. The fraction of sp³-hybridized carbons (Fsp3) is 0.941. The van der Waals surface area contributed by atoms with E-state index >= 15 is 0 Å². The van der Waals surface area contributed by atoms with Crippen LogP contribution in [0.15, 0.2) is 0 Å². The zero-order valence-corrected chi connectivity index (χ0v) is 13.2. The van der Waals surface area contributed by atoms with Gasteiger partial charge in [0.05, 0.1) is 12.1 Å². The van der Waals surface area contributed by atoms with Crippen LogP contribution in [0.25, 0.3) is 0 Å². The second kappa shape index (κ2) is 11.1. The van der Waals surface area contributed by atoms with Crippen molar-refractivity contribution < 1.29 is 9.90 Å². The minimum atomic E-state index is -0.338. The Morgan fingerprint density at radius 2 is 1.65 bits per heavy atom. The van der Waals surface area contributed by atoms with E-state index in [0.29, 0.717) is 6.42 Å². The molecule has 2 atom stereocenters. The predicted molar refractivity (Wildman–Crippen MR) is 83.6 cm³/mol. The first-order valence-electron chi connectivity index (χ1n) is 8.71. The number of unbranched alkanes of at least 4 members (excludes halogenated alkanes) is 6. The molecule has 1 aliphatic carbocycles. The summed E-state index contributed by atoms with van der Waals surface area (Å²) in [4.78, 5) is 11.9. The summed E-state index contributed by atoms with van der Waals surface area (Å²) in [5.41, 5.74) is 0. The summed E-state index contributed by atoms with van der Waals surface area (Å²) in [5, 5.41) is 13.0. The number of hydrogen-bond donors (Lipinski definition) is 2. The lowest BCUT2D eigenvalue weighted by atomic mass is 10.1. The third kappa shape index (κ3) is 7.88. The molecule has 20 heavy (non-hydrogen) atoms. The van der Waals surface area contributed by atoms with Crippen molar-refractivity contribution in [1.82, 2.24) is 5.32 Å². The maximum Gasteiger partial charge on any atom is 0.220 e. The van der Waals surface area contributed by atoms with Crippen molar-refractivity contribution in [2.24, 2.45) is 0 Å². The Kier molecular flexibility index (Phi) is 9.73. The molecular formula is C17H33NO2. The molecule has 2 unspecified atom stereocenters. The molecule has 0 spiro atoms. The van der Waals surface area contributed by atoms with Gasteiger partial charge in [-0.05, 0) is 19.3 Å². The van der Waals surface area contributed by atoms with E-state index in [1.54, 1.807) is 0 Å². The Balaban J connectivity index is 2.04. The van der Waals surface area contributed by atoms with Crippen LogP contribution >= 0.6 is 0 Å². The lowest BCUT2D eigenvalue weighted by molar-refractivity contribution is -0.122. The molecule has 2 N–H and O–H groups in total. The largest absolute Gasteiger partial charge is 0.391 e. The van der Waals surface area contributed by atoms with E-state index in [1.165, 1.54) is 38.5 Å². The molecule has 1 amide bonds. The second-order valence-electron chi connectivity index (χ2n) is 6.25. The third-order valence-corrected chi connectivity index (χ3v) is 4.33. The van der Waals surface area contributed by atoms with Gasteiger partial charge in [-0.2, -0.15) is 0 Å². The Morgan fingerprint density at radius 3 is 2.40 bits per heavy atom. The first kappa shape index (κ1) is 17.5. The average molecular weight is 283 g/mol. The minimum Gasteiger partial charge on any atom is -0.391 e. The van der Waals surface area contributed by atoms with E-state index in [9.17, 15) is 9.90 Å². The fourth-order valence-corrected chi connectivity index (χ4v) is 2.98. The van der Waals surface area contributed by atoms with Crippen molar-refractivity contribution in [3.05, 3.63) is 0 Å². The van der Waals surface area contributed by atoms with E-state index < -0.39 is 0 Å². The van der Waals surface area contributed by atoms with Gasteiger partial charge in [0.25, 0.3) is 0 Å². The number of carbonyl (C=O) groups is 1. The molecule has 1 aliphatic rings. The smallest absolute Gasteiger partial charge is 0.220 e. The summed E-state index contributed by atoms with van der Waals surface area (Å²) in [6.45, 7) is 2.23. The monoisotopic (exact) mass is 283 g/mol. The number of rotatable bonds is 9. The molecule has 0 heterocycles. The van der Waals surface area contributed by atoms with Gasteiger partial charge in [0, 0.05) is 6.42 Å². The number of amides is 1. The molecule has 0 saturated heterocycles. The van der Waals surface area contributed by atoms with Gasteiger partial charge in [-0.1, -0.05) is 64.7 Å². The van der Waals surface area contributed by atoms with Crippen LogP contribution in [0, 0.1) is 0 Å². The summed E-state index contributed by atoms with van der Waals surface area (Å²) >= 11 is 0. The molecule has 3 heteroatoms. The standard InChI is InChI=1S/C17H33NO2/c1-2-3-4-5-6-7-11-14-17(20)18-15-12-9-8-10-13-16(15)19/h15-16,19H,2-14H2,1H3,(H,18,20). The summed E-state index contributed by atoms with van der Waals surface area (Å²) in [5.74, 6) is 0.129. The number of aliphatic hydroxyl groups excluding tert-OH is 1. The molecule has 0 bridgehead atoms. The Hall–Kier alpha value is -0.570. The van der Waals surface area contributed by atoms with Crippen molar-refractivity contribution in [3.63, 3.8) is 0 Å². The van der Waals surface area contributed by atoms with Crippen molar-refractivity contribution >= 4 is 5.91 Å². The van der Waals surface area contributed by atoms with Crippen LogP contribution in [0.5, 0.6) is 0 Å². The average Bonchev–Trinajstić information content (AvgIpc) is 2.63. The van der Waals surface area contributed by atoms with Gasteiger partial charge in [0.2, 0.25) is 5.91 Å². The van der Waals surface area contributed by atoms with Crippen LogP contribution < -0.4 is 5.32 Å². The summed E-state index contributed by atoms with van der Waals surface area (Å²) in [6.07, 6.45) is 14.1. The number of nitrogens with one attached hydrogen (secondary N) is 1. The summed E-state index contributed by atoms with van der Waals surface area (Å²) in [6, 6.07) is -0.00504. The quantitative estimate of drug-likeness (QED) is 0.497. The highest BCUT2D eigenvalue weighted by Crippen LogP contribution is 2.18. The highest BCUT2D eigenvalue weighted by molar-refractivity contribution is 5.76. The van der Waals surface area contributed by atoms with Gasteiger partial charge >= 0.3 is 0 Å². The van der Waals surface area contributed by atoms with Gasteiger partial charge in [-0.25, -0.2) is 0 Å². The van der Waals surface area contributed by atoms with Crippen LogP contribution in [0.1, 0.15) is 90.4 Å². The maximum absolute atomic E-state index is 11.9. The van der Waals surface area contributed by atoms with E-state index in [0.717, 1.165) is 38.5 Å². The predicted octanol–water partition coefficient (Wildman–Crippen LogP) is 3.94. The highest BCUT2D eigenvalue weighted by Gasteiger charge is 2.22.